The lowest BCUT2D eigenvalue weighted by Crippen LogP contribution is -2.45. The lowest BCUT2D eigenvalue weighted by molar-refractivity contribution is -0.143. The Morgan fingerprint density at radius 3 is 0.739 bits per heavy atom. The first kappa shape index (κ1) is 90.6. The number of allylic oxidation sites excluding steroid dienone is 1. The molecule has 0 aliphatic heterocycles. The molecule has 6 heteroatoms. The van der Waals surface area contributed by atoms with Crippen molar-refractivity contribution < 1.29 is 24.5 Å². The van der Waals surface area contributed by atoms with Gasteiger partial charge in [-0.05, 0) is 32.1 Å². The van der Waals surface area contributed by atoms with Crippen LogP contribution in [0.4, 0.5) is 0 Å². The average molecular weight is 1300 g/mol. The summed E-state index contributed by atoms with van der Waals surface area (Å²) in [6.45, 7) is 4.98. The summed E-state index contributed by atoms with van der Waals surface area (Å²) in [4.78, 5) is 24.7. The Kier molecular flexibility index (Phi) is 80.8. The first-order chi connectivity index (χ1) is 45.5. The molecule has 0 heterocycles. The maximum Gasteiger partial charge on any atom is 0.305 e. The molecule has 6 nitrogen and oxygen atoms in total. The molecular formula is C86H169NO5. The molecule has 0 radical (unpaired) electrons. The number of nitrogens with one attached hydrogen (secondary N) is 1. The van der Waals surface area contributed by atoms with Gasteiger partial charge in [0.25, 0.3) is 0 Å². The fourth-order valence-electron chi connectivity index (χ4n) is 14.1. The van der Waals surface area contributed by atoms with Gasteiger partial charge >= 0.3 is 5.97 Å². The molecule has 0 bridgehead atoms. The molecule has 3 N–H and O–H groups in total. The van der Waals surface area contributed by atoms with E-state index in [1.165, 1.54) is 437 Å². The van der Waals surface area contributed by atoms with Crippen molar-refractivity contribution in [1.29, 1.82) is 0 Å². The number of amides is 1. The molecule has 0 spiro atoms. The standard InChI is InChI=1S/C86H169NO5/c1-3-5-7-9-11-13-15-17-19-21-22-23-37-40-43-47-50-54-58-62-66-70-74-78-84(89)83(82-88)87-85(90)79-75-71-67-63-59-55-51-48-44-41-38-35-33-31-29-27-25-24-26-28-30-32-34-36-39-42-45-49-53-57-61-65-69-73-77-81-92-86(91)80-76-72-68-64-60-56-52-46-20-18-16-14-12-10-8-6-4-2/h74,78,83-84,88-89H,3-73,75-77,79-82H2,1-2H3,(H,87,90)/b78-74+. The van der Waals surface area contributed by atoms with Gasteiger partial charge in [0, 0.05) is 12.8 Å². The minimum atomic E-state index is -0.842. The molecule has 1 amide bonds. The molecule has 0 rings (SSSR count). The van der Waals surface area contributed by atoms with Gasteiger partial charge in [-0.3, -0.25) is 9.59 Å². The van der Waals surface area contributed by atoms with Crippen molar-refractivity contribution >= 4 is 11.9 Å². The third-order valence-electron chi connectivity index (χ3n) is 20.6. The molecule has 0 aromatic carbocycles. The van der Waals surface area contributed by atoms with E-state index >= 15 is 0 Å². The SMILES string of the molecule is CCCCCCCCCCCCCCCCCCCCCCC/C=C/C(O)C(CO)NC(=O)CCCCCCCCCCCCCCCCCCCCCCCCCCCCCCCCCCCCCOC(=O)CCCCCCCCCCCCCCCCCCC. The highest BCUT2D eigenvalue weighted by molar-refractivity contribution is 5.76. The number of hydrogen-bond donors (Lipinski definition) is 3. The van der Waals surface area contributed by atoms with E-state index in [0.717, 1.165) is 38.5 Å². The molecule has 0 aromatic heterocycles. The quantitative estimate of drug-likeness (QED) is 0.0320. The monoisotopic (exact) mass is 1300 g/mol. The maximum atomic E-state index is 12.6. The van der Waals surface area contributed by atoms with Crippen LogP contribution in [0.2, 0.25) is 0 Å². The average Bonchev–Trinajstić information content (AvgIpc) is 3.74. The molecule has 2 unspecified atom stereocenters. The highest BCUT2D eigenvalue weighted by atomic mass is 16.5. The van der Waals surface area contributed by atoms with Crippen LogP contribution in [-0.4, -0.2) is 47.4 Å². The van der Waals surface area contributed by atoms with Gasteiger partial charge in [-0.15, -0.1) is 0 Å². The number of ether oxygens (including phenoxy) is 1. The lowest BCUT2D eigenvalue weighted by Gasteiger charge is -2.20. The lowest BCUT2D eigenvalue weighted by atomic mass is 10.0. The zero-order valence-corrected chi connectivity index (χ0v) is 63.1. The van der Waals surface area contributed by atoms with Crippen LogP contribution >= 0.6 is 0 Å². The van der Waals surface area contributed by atoms with Crippen LogP contribution in [0.5, 0.6) is 0 Å². The molecule has 92 heavy (non-hydrogen) atoms. The summed E-state index contributed by atoms with van der Waals surface area (Å²) >= 11 is 0. The van der Waals surface area contributed by atoms with Crippen molar-refractivity contribution in [2.45, 2.75) is 514 Å². The van der Waals surface area contributed by atoms with Crippen LogP contribution < -0.4 is 5.32 Å². The van der Waals surface area contributed by atoms with E-state index in [2.05, 4.69) is 19.2 Å². The summed E-state index contributed by atoms with van der Waals surface area (Å²) < 4.78 is 5.52. The minimum absolute atomic E-state index is 0.0278. The zero-order valence-electron chi connectivity index (χ0n) is 63.1. The largest absolute Gasteiger partial charge is 0.466 e. The molecule has 0 saturated carbocycles. The third kappa shape index (κ3) is 77.6. The van der Waals surface area contributed by atoms with Gasteiger partial charge in [0.2, 0.25) is 5.91 Å². The van der Waals surface area contributed by atoms with Crippen molar-refractivity contribution in [3.8, 4) is 0 Å². The van der Waals surface area contributed by atoms with Crippen LogP contribution in [0.3, 0.4) is 0 Å². The van der Waals surface area contributed by atoms with E-state index in [-0.39, 0.29) is 18.5 Å². The van der Waals surface area contributed by atoms with Gasteiger partial charge in [0.1, 0.15) is 0 Å². The summed E-state index contributed by atoms with van der Waals surface area (Å²) in [5.41, 5.74) is 0. The van der Waals surface area contributed by atoms with Crippen LogP contribution in [0, 0.1) is 0 Å². The third-order valence-corrected chi connectivity index (χ3v) is 20.6. The van der Waals surface area contributed by atoms with Crippen molar-refractivity contribution in [3.63, 3.8) is 0 Å². The number of carbonyl (C=O) groups excluding carboxylic acids is 2. The molecule has 2 atom stereocenters. The highest BCUT2D eigenvalue weighted by Crippen LogP contribution is 2.21. The van der Waals surface area contributed by atoms with Crippen molar-refractivity contribution in [1.82, 2.24) is 5.32 Å². The Bertz CT molecular complexity index is 1400. The molecular weight excluding hydrogens is 1130 g/mol. The van der Waals surface area contributed by atoms with Crippen LogP contribution in [-0.2, 0) is 14.3 Å². The summed E-state index contributed by atoms with van der Waals surface area (Å²) in [5, 5.41) is 23.3. The van der Waals surface area contributed by atoms with Crippen molar-refractivity contribution in [3.05, 3.63) is 12.2 Å². The van der Waals surface area contributed by atoms with Gasteiger partial charge in [0.15, 0.2) is 0 Å². The molecule has 0 fully saturated rings. The first-order valence-electron chi connectivity index (χ1n) is 43.0. The predicted molar refractivity (Wildman–Crippen MR) is 407 cm³/mol. The Hall–Kier alpha value is -1.40. The van der Waals surface area contributed by atoms with E-state index < -0.39 is 12.1 Å². The normalized spacial score (nSPS) is 12.4. The molecule has 0 aliphatic carbocycles. The van der Waals surface area contributed by atoms with Crippen LogP contribution in [0.1, 0.15) is 502 Å². The summed E-state index contributed by atoms with van der Waals surface area (Å²) in [5.74, 6) is -0.0289. The van der Waals surface area contributed by atoms with E-state index in [1.54, 1.807) is 6.08 Å². The number of unbranched alkanes of at least 4 members (excludes halogenated alkanes) is 71. The summed E-state index contributed by atoms with van der Waals surface area (Å²) in [7, 11) is 0. The molecule has 0 saturated heterocycles. The minimum Gasteiger partial charge on any atom is -0.466 e. The van der Waals surface area contributed by atoms with Crippen LogP contribution in [0.25, 0.3) is 0 Å². The Labute approximate surface area is 578 Å². The fraction of sp³-hybridized carbons (Fsp3) is 0.953. The van der Waals surface area contributed by atoms with E-state index in [9.17, 15) is 19.8 Å². The second kappa shape index (κ2) is 82.0. The Morgan fingerprint density at radius 1 is 0.293 bits per heavy atom. The zero-order chi connectivity index (χ0) is 66.3. The Balaban J connectivity index is 3.32. The van der Waals surface area contributed by atoms with Gasteiger partial charge in [-0.25, -0.2) is 0 Å². The smallest absolute Gasteiger partial charge is 0.305 e. The molecule has 548 valence electrons. The molecule has 0 aliphatic rings. The summed E-state index contributed by atoms with van der Waals surface area (Å²) in [6, 6.07) is -0.625. The second-order valence-corrected chi connectivity index (χ2v) is 29.9. The number of esters is 1. The van der Waals surface area contributed by atoms with Crippen LogP contribution in [0.15, 0.2) is 12.2 Å². The summed E-state index contributed by atoms with van der Waals surface area (Å²) in [6.07, 6.45) is 105. The van der Waals surface area contributed by atoms with Gasteiger partial charge in [-0.2, -0.15) is 0 Å². The van der Waals surface area contributed by atoms with E-state index in [1.807, 2.05) is 6.08 Å². The predicted octanol–water partition coefficient (Wildman–Crippen LogP) is 28.6. The van der Waals surface area contributed by atoms with Gasteiger partial charge in [0.05, 0.1) is 25.4 Å². The fourth-order valence-corrected chi connectivity index (χ4v) is 14.1. The number of aliphatic hydroxyl groups excluding tert-OH is 2. The number of hydrogen-bond acceptors (Lipinski definition) is 5. The Morgan fingerprint density at radius 2 is 0.500 bits per heavy atom. The van der Waals surface area contributed by atoms with Gasteiger partial charge < -0.3 is 20.3 Å². The van der Waals surface area contributed by atoms with Crippen molar-refractivity contribution in [2.75, 3.05) is 13.2 Å². The second-order valence-electron chi connectivity index (χ2n) is 29.9. The van der Waals surface area contributed by atoms with Gasteiger partial charge in [-0.1, -0.05) is 469 Å². The van der Waals surface area contributed by atoms with E-state index in [4.69, 9.17) is 4.74 Å². The van der Waals surface area contributed by atoms with E-state index in [0.29, 0.717) is 19.4 Å². The first-order valence-corrected chi connectivity index (χ1v) is 43.0. The maximum absolute atomic E-state index is 12.6. The molecule has 0 aromatic rings. The number of aliphatic hydroxyl groups is 2. The number of carbonyl (C=O) groups is 2. The number of rotatable bonds is 82. The topological polar surface area (TPSA) is 95.9 Å². The highest BCUT2D eigenvalue weighted by Gasteiger charge is 2.18. The van der Waals surface area contributed by atoms with Crippen molar-refractivity contribution in [2.24, 2.45) is 0 Å².